The summed E-state index contributed by atoms with van der Waals surface area (Å²) in [7, 11) is 0. The van der Waals surface area contributed by atoms with Gasteiger partial charge in [-0.25, -0.2) is 9.98 Å². The fourth-order valence-electron chi connectivity index (χ4n) is 0.930. The van der Waals surface area contributed by atoms with Crippen molar-refractivity contribution in [2.24, 2.45) is 9.98 Å². The van der Waals surface area contributed by atoms with Crippen LogP contribution in [-0.4, -0.2) is 23.6 Å². The molecule has 2 aliphatic heterocycles. The molecule has 2 aliphatic rings. The molecule has 0 N–H and O–H groups in total. The molecule has 0 aromatic rings. The van der Waals surface area contributed by atoms with Crippen molar-refractivity contribution in [3.63, 3.8) is 0 Å². The van der Waals surface area contributed by atoms with Crippen LogP contribution in [0.3, 0.4) is 0 Å². The third-order valence-corrected chi connectivity index (χ3v) is 1.60. The van der Waals surface area contributed by atoms with E-state index in [2.05, 4.69) is 9.98 Å². The predicted octanol–water partition coefficient (Wildman–Crippen LogP) is -4.87. The zero-order valence-electron chi connectivity index (χ0n) is 8.66. The fourth-order valence-corrected chi connectivity index (χ4v) is 0.930. The Morgan fingerprint density at radius 2 is 1.12 bits per heavy atom. The van der Waals surface area contributed by atoms with Crippen molar-refractivity contribution in [3.8, 4) is 0 Å². The molecule has 0 aromatic carbocycles. The summed E-state index contributed by atoms with van der Waals surface area (Å²) in [5, 5.41) is 20.1. The molecular weight excluding hydrogens is 335 g/mol. The molecule has 16 heavy (non-hydrogen) atoms. The van der Waals surface area contributed by atoms with Crippen LogP contribution in [0.2, 0.25) is 0 Å². The van der Waals surface area contributed by atoms with Crippen LogP contribution in [0.1, 0.15) is 25.7 Å². The van der Waals surface area contributed by atoms with Gasteiger partial charge in [-0.2, -0.15) is 0 Å². The molecule has 2 amide bonds. The largest absolute Gasteiger partial charge is 1.00 e. The van der Waals surface area contributed by atoms with Crippen molar-refractivity contribution in [1.82, 2.24) is 0 Å². The first-order chi connectivity index (χ1) is 6.58. The van der Waals surface area contributed by atoms with E-state index in [1.54, 1.807) is 0 Å². The summed E-state index contributed by atoms with van der Waals surface area (Å²) < 4.78 is 0. The first-order valence-corrected chi connectivity index (χ1v) is 4.13. The molecule has 0 spiro atoms. The average molecular weight is 343 g/mol. The minimum absolute atomic E-state index is 0. The van der Waals surface area contributed by atoms with Crippen LogP contribution in [0.5, 0.6) is 0 Å². The van der Waals surface area contributed by atoms with E-state index in [0.29, 0.717) is 25.7 Å². The van der Waals surface area contributed by atoms with Gasteiger partial charge in [0, 0.05) is 12.8 Å². The first kappa shape index (κ1) is 19.0. The zero-order valence-corrected chi connectivity index (χ0v) is 13.3. The maximum atomic E-state index is 10.1. The smallest absolute Gasteiger partial charge is 0.862 e. The van der Waals surface area contributed by atoms with Gasteiger partial charge in [-0.05, 0) is 24.6 Å². The normalized spacial score (nSPS) is 17.5. The van der Waals surface area contributed by atoms with Crippen LogP contribution < -0.4 is 61.6 Å². The summed E-state index contributed by atoms with van der Waals surface area (Å²) in [6.07, 6.45) is 1.27. The van der Waals surface area contributed by atoms with E-state index >= 15 is 0 Å². The van der Waals surface area contributed by atoms with Crippen molar-refractivity contribution in [3.05, 3.63) is 0 Å². The van der Waals surface area contributed by atoms with E-state index < -0.39 is 0 Å². The zero-order chi connectivity index (χ0) is 10.6. The van der Waals surface area contributed by atoms with Crippen molar-refractivity contribution < 1.29 is 93.6 Å². The monoisotopic (exact) mass is 342 g/mol. The molecule has 8 heteroatoms. The summed E-state index contributed by atoms with van der Waals surface area (Å²) in [5.74, 6) is -1.09. The van der Waals surface area contributed by atoms with Gasteiger partial charge in [-0.15, -0.1) is 0 Å². The molecule has 0 radical (unpaired) electrons. The predicted molar refractivity (Wildman–Crippen MR) is 43.4 cm³/mol. The van der Waals surface area contributed by atoms with Crippen LogP contribution in [0.15, 0.2) is 9.98 Å². The number of amides is 2. The Morgan fingerprint density at radius 1 is 0.812 bits per heavy atom. The molecule has 0 fully saturated rings. The molecule has 0 saturated heterocycles. The maximum absolute atomic E-state index is 10.1. The average Bonchev–Trinajstić information content (AvgIpc) is 2.63. The second-order valence-corrected chi connectivity index (χ2v) is 2.80. The second kappa shape index (κ2) is 9.66. The first-order valence-electron chi connectivity index (χ1n) is 4.13. The number of hydrogen-bond donors (Lipinski definition) is 0. The van der Waals surface area contributed by atoms with E-state index in [4.69, 9.17) is 0 Å². The summed E-state index contributed by atoms with van der Waals surface area (Å²) in [6, 6.07) is 0. The molecule has 0 aliphatic carbocycles. The van der Waals surface area contributed by atoms with Gasteiger partial charge in [0.25, 0.3) is 0 Å². The number of nitrogens with zero attached hydrogens (tertiary/aromatic N) is 2. The summed E-state index contributed by atoms with van der Waals surface area (Å²) in [4.78, 5) is 26.4. The van der Waals surface area contributed by atoms with E-state index in [1.165, 1.54) is 0 Å². The molecule has 0 bridgehead atoms. The summed E-state index contributed by atoms with van der Waals surface area (Å²) in [6.45, 7) is 0. The minimum atomic E-state index is -0.273. The Hall–Kier alpha value is 0.657. The molecule has 0 aromatic heterocycles. The number of carbonyl (C=O) groups is 2. The van der Waals surface area contributed by atoms with Crippen molar-refractivity contribution in [2.75, 3.05) is 0 Å². The topological polar surface area (TPSA) is 105 Å². The SMILES string of the molecule is O=C1CCC([O-])=N1.O=C1CCC([O-])=N1.[Ag+].[K+]. The Labute approximate surface area is 151 Å². The van der Waals surface area contributed by atoms with Gasteiger partial charge in [0.2, 0.25) is 11.8 Å². The van der Waals surface area contributed by atoms with Crippen molar-refractivity contribution >= 4 is 23.6 Å². The maximum Gasteiger partial charge on any atom is 1.00 e. The number of rotatable bonds is 0. The van der Waals surface area contributed by atoms with Gasteiger partial charge in [0.1, 0.15) is 0 Å². The van der Waals surface area contributed by atoms with E-state index in [-0.39, 0.29) is 97.4 Å². The second-order valence-electron chi connectivity index (χ2n) is 2.80. The van der Waals surface area contributed by atoms with Gasteiger partial charge in [0.05, 0.1) is 0 Å². The molecule has 0 saturated carbocycles. The Morgan fingerprint density at radius 3 is 1.19 bits per heavy atom. The van der Waals surface area contributed by atoms with Gasteiger partial charge < -0.3 is 10.2 Å². The van der Waals surface area contributed by atoms with E-state index in [0.717, 1.165) is 0 Å². The van der Waals surface area contributed by atoms with Crippen LogP contribution in [0, 0.1) is 0 Å². The molecule has 86 valence electrons. The standard InChI is InChI=1S/2C4H5NO2.Ag.K/c2*6-3-1-2-4(7)5-3;;/h2*1-2H2,(H,5,6,7);;/q;;2*+1/p-2. The van der Waals surface area contributed by atoms with Gasteiger partial charge in [0.15, 0.2) is 0 Å². The molecule has 6 nitrogen and oxygen atoms in total. The number of aliphatic imine (C=N–C) groups is 2. The van der Waals surface area contributed by atoms with Crippen LogP contribution in [-0.2, 0) is 32.0 Å². The van der Waals surface area contributed by atoms with Gasteiger partial charge >= 0.3 is 73.8 Å². The van der Waals surface area contributed by atoms with E-state index in [9.17, 15) is 19.8 Å². The number of hydrogen-bond acceptors (Lipinski definition) is 4. The Kier molecular flexibility index (Phi) is 11.5. The molecule has 2 heterocycles. The minimum Gasteiger partial charge on any atom is -0.862 e. The quantitative estimate of drug-likeness (QED) is 0.411. The third kappa shape index (κ3) is 7.85. The third-order valence-electron chi connectivity index (χ3n) is 1.60. The van der Waals surface area contributed by atoms with Gasteiger partial charge in [-0.3, -0.25) is 9.59 Å². The summed E-state index contributed by atoms with van der Waals surface area (Å²) >= 11 is 0. The molecule has 2 rings (SSSR count). The van der Waals surface area contributed by atoms with Crippen LogP contribution >= 0.6 is 0 Å². The molecule has 0 atom stereocenters. The van der Waals surface area contributed by atoms with Gasteiger partial charge in [-0.1, -0.05) is 0 Å². The Balaban J connectivity index is 0. The van der Waals surface area contributed by atoms with E-state index in [1.807, 2.05) is 0 Å². The van der Waals surface area contributed by atoms with Crippen LogP contribution in [0.25, 0.3) is 0 Å². The fraction of sp³-hybridized carbons (Fsp3) is 0.500. The Bertz CT molecular complexity index is 298. The van der Waals surface area contributed by atoms with Crippen molar-refractivity contribution in [1.29, 1.82) is 0 Å². The van der Waals surface area contributed by atoms with Crippen molar-refractivity contribution in [2.45, 2.75) is 25.7 Å². The summed E-state index contributed by atoms with van der Waals surface area (Å²) in [5.41, 5.74) is 0. The van der Waals surface area contributed by atoms with Crippen LogP contribution in [0.4, 0.5) is 0 Å². The molecule has 0 unspecified atom stereocenters. The molecular formula is C8H8AgKN2O4. The number of carbonyl (C=O) groups excluding carboxylic acids is 2.